The second-order valence-electron chi connectivity index (χ2n) is 8.70. The van der Waals surface area contributed by atoms with E-state index in [0.717, 1.165) is 0 Å². The molecule has 0 heterocycles. The Labute approximate surface area is 175 Å². The van der Waals surface area contributed by atoms with Crippen LogP contribution >= 0.6 is 0 Å². The first kappa shape index (κ1) is 25.3. The molecule has 1 aromatic carbocycles. The van der Waals surface area contributed by atoms with Crippen molar-refractivity contribution in [2.24, 2.45) is 0 Å². The fraction of sp³-hybridized carbons (Fsp3) is 0.571. The van der Waals surface area contributed by atoms with Crippen molar-refractivity contribution >= 4 is 18.0 Å². The first-order valence-corrected chi connectivity index (χ1v) is 9.40. The first-order chi connectivity index (χ1) is 13.6. The molecule has 0 fully saturated rings. The summed E-state index contributed by atoms with van der Waals surface area (Å²) in [5.41, 5.74) is -1.48. The number of esters is 2. The predicted octanol–water partition coefficient (Wildman–Crippen LogP) is 3.99. The molecule has 30 heavy (non-hydrogen) atoms. The maximum Gasteiger partial charge on any atom is 0.408 e. The van der Waals surface area contributed by atoms with Crippen molar-refractivity contribution in [3.8, 4) is 0 Å². The van der Waals surface area contributed by atoms with Gasteiger partial charge in [-0.05, 0) is 47.1 Å². The molecule has 0 aliphatic carbocycles. The van der Waals surface area contributed by atoms with Gasteiger partial charge in [0.1, 0.15) is 23.9 Å². The summed E-state index contributed by atoms with van der Waals surface area (Å²) >= 11 is 0. The SMILES string of the molecule is CC(C)(C)OC(=O)[C@@H](CC(F)(F)C(=O)OC(C)(C)C)NC(=O)OCc1ccccc1. The van der Waals surface area contributed by atoms with E-state index in [2.05, 4.69) is 5.32 Å². The fourth-order valence-corrected chi connectivity index (χ4v) is 2.17. The molecule has 168 valence electrons. The summed E-state index contributed by atoms with van der Waals surface area (Å²) in [7, 11) is 0. The molecule has 1 amide bonds. The molecule has 0 unspecified atom stereocenters. The van der Waals surface area contributed by atoms with Gasteiger partial charge in [-0.2, -0.15) is 8.78 Å². The quantitative estimate of drug-likeness (QED) is 0.521. The van der Waals surface area contributed by atoms with E-state index in [9.17, 15) is 23.2 Å². The largest absolute Gasteiger partial charge is 0.458 e. The Morgan fingerprint density at radius 1 is 0.933 bits per heavy atom. The number of hydrogen-bond donors (Lipinski definition) is 1. The van der Waals surface area contributed by atoms with Crippen molar-refractivity contribution in [2.75, 3.05) is 0 Å². The fourth-order valence-electron chi connectivity index (χ4n) is 2.17. The van der Waals surface area contributed by atoms with Crippen molar-refractivity contribution in [3.63, 3.8) is 0 Å². The Balaban J connectivity index is 2.89. The van der Waals surface area contributed by atoms with Crippen LogP contribution < -0.4 is 5.32 Å². The van der Waals surface area contributed by atoms with Crippen LogP contribution in [0.25, 0.3) is 0 Å². The monoisotopic (exact) mass is 429 g/mol. The van der Waals surface area contributed by atoms with Gasteiger partial charge in [-0.3, -0.25) is 0 Å². The van der Waals surface area contributed by atoms with Crippen molar-refractivity contribution in [2.45, 2.75) is 77.7 Å². The van der Waals surface area contributed by atoms with Gasteiger partial charge in [-0.25, -0.2) is 14.4 Å². The maximum absolute atomic E-state index is 14.4. The van der Waals surface area contributed by atoms with Gasteiger partial charge in [0.05, 0.1) is 6.42 Å². The zero-order chi connectivity index (χ0) is 23.2. The summed E-state index contributed by atoms with van der Waals surface area (Å²) in [6, 6.07) is 6.84. The highest BCUT2D eigenvalue weighted by atomic mass is 19.3. The van der Waals surface area contributed by atoms with Crippen molar-refractivity contribution in [1.29, 1.82) is 0 Å². The van der Waals surface area contributed by atoms with E-state index >= 15 is 0 Å². The summed E-state index contributed by atoms with van der Waals surface area (Å²) in [6.07, 6.45) is -2.44. The van der Waals surface area contributed by atoms with Crippen LogP contribution in [-0.2, 0) is 30.4 Å². The summed E-state index contributed by atoms with van der Waals surface area (Å²) in [5, 5.41) is 2.06. The summed E-state index contributed by atoms with van der Waals surface area (Å²) < 4.78 is 43.6. The minimum absolute atomic E-state index is 0.129. The van der Waals surface area contributed by atoms with Gasteiger partial charge >= 0.3 is 24.0 Å². The highest BCUT2D eigenvalue weighted by molar-refractivity contribution is 5.84. The Kier molecular flexibility index (Phi) is 8.33. The number of benzene rings is 1. The van der Waals surface area contributed by atoms with Gasteiger partial charge in [0.25, 0.3) is 0 Å². The van der Waals surface area contributed by atoms with Crippen LogP contribution in [0.5, 0.6) is 0 Å². The Hall–Kier alpha value is -2.71. The normalized spacial score (nSPS) is 13.2. The first-order valence-electron chi connectivity index (χ1n) is 9.40. The highest BCUT2D eigenvalue weighted by Gasteiger charge is 2.47. The maximum atomic E-state index is 14.4. The lowest BCUT2D eigenvalue weighted by molar-refractivity contribution is -0.186. The van der Waals surface area contributed by atoms with Gasteiger partial charge in [0, 0.05) is 0 Å². The van der Waals surface area contributed by atoms with Crippen molar-refractivity contribution in [1.82, 2.24) is 5.32 Å². The Morgan fingerprint density at radius 2 is 1.47 bits per heavy atom. The topological polar surface area (TPSA) is 90.9 Å². The highest BCUT2D eigenvalue weighted by Crippen LogP contribution is 2.26. The number of nitrogens with one attached hydrogen (secondary N) is 1. The average molecular weight is 429 g/mol. The van der Waals surface area contributed by atoms with Crippen LogP contribution in [0.1, 0.15) is 53.5 Å². The minimum Gasteiger partial charge on any atom is -0.458 e. The number of carbonyl (C=O) groups is 3. The molecule has 1 aromatic rings. The molecule has 1 N–H and O–H groups in total. The number of rotatable bonds is 7. The molecule has 0 spiro atoms. The van der Waals surface area contributed by atoms with Crippen molar-refractivity contribution in [3.05, 3.63) is 35.9 Å². The zero-order valence-corrected chi connectivity index (χ0v) is 18.1. The van der Waals surface area contributed by atoms with Crippen LogP contribution in [0.15, 0.2) is 30.3 Å². The van der Waals surface area contributed by atoms with E-state index < -0.39 is 47.6 Å². The molecule has 0 aliphatic rings. The van der Waals surface area contributed by atoms with Gasteiger partial charge < -0.3 is 19.5 Å². The lowest BCUT2D eigenvalue weighted by Crippen LogP contribution is -2.49. The summed E-state index contributed by atoms with van der Waals surface area (Å²) in [4.78, 5) is 36.3. The Morgan fingerprint density at radius 3 is 1.97 bits per heavy atom. The third-order valence-electron chi connectivity index (χ3n) is 3.35. The molecule has 0 bridgehead atoms. The molecule has 0 saturated heterocycles. The summed E-state index contributed by atoms with van der Waals surface area (Å²) in [6.45, 7) is 8.81. The molecule has 1 rings (SSSR count). The molecule has 0 radical (unpaired) electrons. The number of alkyl carbamates (subject to hydrolysis) is 1. The average Bonchev–Trinajstić information content (AvgIpc) is 2.57. The van der Waals surface area contributed by atoms with Gasteiger partial charge in [-0.1, -0.05) is 30.3 Å². The number of alkyl halides is 2. The number of carbonyl (C=O) groups excluding carboxylic acids is 3. The molecule has 0 aliphatic heterocycles. The smallest absolute Gasteiger partial charge is 0.408 e. The molecular formula is C21H29F2NO6. The number of hydrogen-bond acceptors (Lipinski definition) is 6. The van der Waals surface area contributed by atoms with E-state index in [1.54, 1.807) is 51.1 Å². The van der Waals surface area contributed by atoms with E-state index in [1.165, 1.54) is 20.8 Å². The van der Waals surface area contributed by atoms with Crippen LogP contribution in [0.4, 0.5) is 13.6 Å². The zero-order valence-electron chi connectivity index (χ0n) is 18.1. The molecule has 1 atom stereocenters. The molecule has 9 heteroatoms. The molecular weight excluding hydrogens is 400 g/mol. The number of ether oxygens (including phenoxy) is 3. The minimum atomic E-state index is -4.04. The molecule has 7 nitrogen and oxygen atoms in total. The van der Waals surface area contributed by atoms with E-state index in [1.807, 2.05) is 0 Å². The second-order valence-corrected chi connectivity index (χ2v) is 8.70. The number of amides is 1. The van der Waals surface area contributed by atoms with Gasteiger partial charge in [-0.15, -0.1) is 0 Å². The van der Waals surface area contributed by atoms with E-state index in [4.69, 9.17) is 14.2 Å². The van der Waals surface area contributed by atoms with Gasteiger partial charge in [0.2, 0.25) is 0 Å². The predicted molar refractivity (Wildman–Crippen MR) is 105 cm³/mol. The van der Waals surface area contributed by atoms with E-state index in [0.29, 0.717) is 5.56 Å². The standard InChI is InChI=1S/C21H29F2NO6/c1-19(2,3)29-16(25)15(12-21(22,23)17(26)30-20(4,5)6)24-18(27)28-13-14-10-8-7-9-11-14/h7-11,15H,12-13H2,1-6H3,(H,24,27)/t15-/m1/s1. The van der Waals surface area contributed by atoms with Crippen LogP contribution in [0.2, 0.25) is 0 Å². The van der Waals surface area contributed by atoms with Crippen LogP contribution in [-0.4, -0.2) is 41.2 Å². The third-order valence-corrected chi connectivity index (χ3v) is 3.35. The van der Waals surface area contributed by atoms with Crippen LogP contribution in [0, 0.1) is 0 Å². The van der Waals surface area contributed by atoms with E-state index in [-0.39, 0.29) is 6.61 Å². The second kappa shape index (κ2) is 9.86. The summed E-state index contributed by atoms with van der Waals surface area (Å²) in [5.74, 6) is -6.97. The molecule has 0 aromatic heterocycles. The van der Waals surface area contributed by atoms with Crippen molar-refractivity contribution < 1.29 is 37.4 Å². The third kappa shape index (κ3) is 9.67. The van der Waals surface area contributed by atoms with Gasteiger partial charge in [0.15, 0.2) is 0 Å². The van der Waals surface area contributed by atoms with Crippen LogP contribution in [0.3, 0.4) is 0 Å². The lowest BCUT2D eigenvalue weighted by atomic mass is 10.1. The Bertz CT molecular complexity index is 738. The lowest BCUT2D eigenvalue weighted by Gasteiger charge is -2.28. The molecule has 0 saturated carbocycles. The number of halogens is 2.